The summed E-state index contributed by atoms with van der Waals surface area (Å²) in [5, 5.41) is 8.74. The second kappa shape index (κ2) is 5.13. The second-order valence-electron chi connectivity index (χ2n) is 3.69. The topological polar surface area (TPSA) is 27.0 Å². The summed E-state index contributed by atoms with van der Waals surface area (Å²) in [7, 11) is 1.78. The maximum absolute atomic E-state index is 13.9. The van der Waals surface area contributed by atoms with Crippen LogP contribution in [-0.4, -0.2) is 13.6 Å². The van der Waals surface area contributed by atoms with E-state index in [1.165, 1.54) is 0 Å². The van der Waals surface area contributed by atoms with Gasteiger partial charge in [-0.15, -0.1) is 0 Å². The fraction of sp³-hybridized carbons (Fsp3) is 0.250. The van der Waals surface area contributed by atoms with Crippen molar-refractivity contribution in [3.8, 4) is 6.07 Å². The molecule has 0 aliphatic heterocycles. The molecule has 1 aromatic rings. The van der Waals surface area contributed by atoms with E-state index in [0.717, 1.165) is 5.57 Å². The van der Waals surface area contributed by atoms with Crippen molar-refractivity contribution in [1.82, 2.24) is 0 Å². The van der Waals surface area contributed by atoms with Gasteiger partial charge in [0.05, 0.1) is 15.7 Å². The highest BCUT2D eigenvalue weighted by Crippen LogP contribution is 2.28. The van der Waals surface area contributed by atoms with Crippen LogP contribution in [0.5, 0.6) is 0 Å². The minimum Gasteiger partial charge on any atom is -0.368 e. The minimum absolute atomic E-state index is 0.209. The van der Waals surface area contributed by atoms with Crippen molar-refractivity contribution in [2.24, 2.45) is 0 Å². The molecule has 0 unspecified atom stereocenters. The monoisotopic (exact) mass is 282 g/mol. The van der Waals surface area contributed by atoms with E-state index in [0.29, 0.717) is 17.8 Å². The van der Waals surface area contributed by atoms with Crippen LogP contribution in [0.2, 0.25) is 0 Å². The zero-order chi connectivity index (χ0) is 12.3. The van der Waals surface area contributed by atoms with E-state index >= 15 is 0 Å². The molecule has 0 spiro atoms. The Morgan fingerprint density at radius 3 is 2.75 bits per heavy atom. The summed E-state index contributed by atoms with van der Waals surface area (Å²) in [6.07, 6.45) is 0. The average Bonchev–Trinajstić information content (AvgIpc) is 2.20. The Morgan fingerprint density at radius 2 is 2.25 bits per heavy atom. The Balaban J connectivity index is 3.13. The number of hydrogen-bond acceptors (Lipinski definition) is 2. The molecule has 16 heavy (non-hydrogen) atoms. The highest BCUT2D eigenvalue weighted by Gasteiger charge is 2.13. The molecule has 0 fully saturated rings. The van der Waals surface area contributed by atoms with Crippen molar-refractivity contribution in [2.45, 2.75) is 6.92 Å². The van der Waals surface area contributed by atoms with Crippen molar-refractivity contribution in [3.05, 3.63) is 40.1 Å². The molecular weight excluding hydrogens is 271 g/mol. The lowest BCUT2D eigenvalue weighted by Gasteiger charge is -2.20. The normalized spacial score (nSPS) is 9.69. The molecule has 1 aromatic carbocycles. The van der Waals surface area contributed by atoms with Gasteiger partial charge < -0.3 is 4.90 Å². The number of nitriles is 1. The number of anilines is 1. The molecule has 0 atom stereocenters. The van der Waals surface area contributed by atoms with Crippen LogP contribution < -0.4 is 4.90 Å². The lowest BCUT2D eigenvalue weighted by Crippen LogP contribution is -2.20. The van der Waals surface area contributed by atoms with Crippen LogP contribution in [0, 0.1) is 17.1 Å². The summed E-state index contributed by atoms with van der Waals surface area (Å²) in [5.74, 6) is -0.414. The van der Waals surface area contributed by atoms with Gasteiger partial charge in [0.15, 0.2) is 5.82 Å². The van der Waals surface area contributed by atoms with Crippen LogP contribution in [0.15, 0.2) is 28.8 Å². The van der Waals surface area contributed by atoms with Crippen LogP contribution >= 0.6 is 15.9 Å². The third-order valence-corrected chi connectivity index (χ3v) is 2.88. The first-order chi connectivity index (χ1) is 7.47. The first-order valence-electron chi connectivity index (χ1n) is 4.71. The lowest BCUT2D eigenvalue weighted by atomic mass is 10.2. The molecule has 0 amide bonds. The molecule has 0 saturated carbocycles. The predicted octanol–water partition coefficient (Wildman–Crippen LogP) is 3.47. The SMILES string of the molecule is C=C(C)CN(C)c1ccc(C#N)c(Br)c1F. The standard InChI is InChI=1S/C12H12BrFN2/c1-8(2)7-16(3)10-5-4-9(6-15)11(13)12(10)14/h4-5H,1,7H2,2-3H3. The fourth-order valence-electron chi connectivity index (χ4n) is 1.41. The predicted molar refractivity (Wildman–Crippen MR) is 66.9 cm³/mol. The van der Waals surface area contributed by atoms with E-state index in [1.54, 1.807) is 24.1 Å². The zero-order valence-corrected chi connectivity index (χ0v) is 10.8. The quantitative estimate of drug-likeness (QED) is 0.794. The molecule has 0 aromatic heterocycles. The summed E-state index contributed by atoms with van der Waals surface area (Å²) in [4.78, 5) is 1.75. The Labute approximate surface area is 103 Å². The molecule has 0 aliphatic rings. The summed E-state index contributed by atoms with van der Waals surface area (Å²) < 4.78 is 14.1. The van der Waals surface area contributed by atoms with Gasteiger partial charge in [-0.05, 0) is 35.0 Å². The molecule has 0 aliphatic carbocycles. The van der Waals surface area contributed by atoms with Crippen LogP contribution in [-0.2, 0) is 0 Å². The van der Waals surface area contributed by atoms with E-state index in [4.69, 9.17) is 5.26 Å². The summed E-state index contributed by atoms with van der Waals surface area (Å²) in [6.45, 7) is 6.24. The highest BCUT2D eigenvalue weighted by molar-refractivity contribution is 9.10. The van der Waals surface area contributed by atoms with E-state index in [9.17, 15) is 4.39 Å². The molecule has 0 heterocycles. The van der Waals surface area contributed by atoms with Gasteiger partial charge >= 0.3 is 0 Å². The first kappa shape index (κ1) is 12.7. The van der Waals surface area contributed by atoms with Crippen molar-refractivity contribution < 1.29 is 4.39 Å². The van der Waals surface area contributed by atoms with Gasteiger partial charge in [0.2, 0.25) is 0 Å². The molecular formula is C12H12BrFN2. The van der Waals surface area contributed by atoms with E-state index in [1.807, 2.05) is 13.0 Å². The number of rotatable bonds is 3. The molecule has 4 heteroatoms. The van der Waals surface area contributed by atoms with Crippen molar-refractivity contribution >= 4 is 21.6 Å². The maximum Gasteiger partial charge on any atom is 0.161 e. The molecule has 0 N–H and O–H groups in total. The third-order valence-electron chi connectivity index (χ3n) is 2.10. The Morgan fingerprint density at radius 1 is 1.62 bits per heavy atom. The second-order valence-corrected chi connectivity index (χ2v) is 4.48. The van der Waals surface area contributed by atoms with Gasteiger partial charge in [-0.1, -0.05) is 12.2 Å². The van der Waals surface area contributed by atoms with Crippen molar-refractivity contribution in [2.75, 3.05) is 18.5 Å². The number of nitrogens with zero attached hydrogens (tertiary/aromatic N) is 2. The molecule has 2 nitrogen and oxygen atoms in total. The van der Waals surface area contributed by atoms with Crippen LogP contribution in [0.4, 0.5) is 10.1 Å². The van der Waals surface area contributed by atoms with E-state index in [-0.39, 0.29) is 4.47 Å². The Bertz CT molecular complexity index is 463. The van der Waals surface area contributed by atoms with Gasteiger partial charge in [-0.3, -0.25) is 0 Å². The molecule has 1 rings (SSSR count). The van der Waals surface area contributed by atoms with Crippen molar-refractivity contribution in [1.29, 1.82) is 5.26 Å². The average molecular weight is 283 g/mol. The van der Waals surface area contributed by atoms with Gasteiger partial charge in [-0.25, -0.2) is 4.39 Å². The van der Waals surface area contributed by atoms with Gasteiger partial charge in [0.25, 0.3) is 0 Å². The first-order valence-corrected chi connectivity index (χ1v) is 5.50. The zero-order valence-electron chi connectivity index (χ0n) is 9.22. The summed E-state index contributed by atoms with van der Waals surface area (Å²) in [6, 6.07) is 5.11. The van der Waals surface area contributed by atoms with Crippen LogP contribution in [0.1, 0.15) is 12.5 Å². The number of benzene rings is 1. The number of likely N-dealkylation sites (N-methyl/N-ethyl adjacent to an activating group) is 1. The highest BCUT2D eigenvalue weighted by atomic mass is 79.9. The summed E-state index contributed by atoms with van der Waals surface area (Å²) >= 11 is 3.08. The smallest absolute Gasteiger partial charge is 0.161 e. The number of halogens is 2. The molecule has 0 bridgehead atoms. The molecule has 0 saturated heterocycles. The largest absolute Gasteiger partial charge is 0.368 e. The van der Waals surface area contributed by atoms with Gasteiger partial charge in [-0.2, -0.15) is 5.26 Å². The van der Waals surface area contributed by atoms with E-state index < -0.39 is 5.82 Å². The Hall–Kier alpha value is -1.34. The van der Waals surface area contributed by atoms with Crippen LogP contribution in [0.25, 0.3) is 0 Å². The third kappa shape index (κ3) is 2.61. The number of hydrogen-bond donors (Lipinski definition) is 0. The lowest BCUT2D eigenvalue weighted by molar-refractivity contribution is 0.617. The van der Waals surface area contributed by atoms with Gasteiger partial charge in [0, 0.05) is 13.6 Å². The summed E-state index contributed by atoms with van der Waals surface area (Å²) in [5.41, 5.74) is 1.70. The van der Waals surface area contributed by atoms with E-state index in [2.05, 4.69) is 22.5 Å². The molecule has 84 valence electrons. The van der Waals surface area contributed by atoms with Gasteiger partial charge in [0.1, 0.15) is 6.07 Å². The fourth-order valence-corrected chi connectivity index (χ4v) is 1.83. The maximum atomic E-state index is 13.9. The van der Waals surface area contributed by atoms with Crippen molar-refractivity contribution in [3.63, 3.8) is 0 Å². The minimum atomic E-state index is -0.414. The van der Waals surface area contributed by atoms with Crippen LogP contribution in [0.3, 0.4) is 0 Å². The Kier molecular flexibility index (Phi) is 4.08. The molecule has 0 radical (unpaired) electrons.